The van der Waals surface area contributed by atoms with Gasteiger partial charge in [-0.05, 0) is 42.9 Å². The molecule has 2 bridgehead atoms. The molecule has 3 aliphatic heterocycles. The average molecular weight is 488 g/mol. The molecule has 6 rings (SSSR count). The number of piperazine rings is 1. The number of para-hydroxylation sites is 1. The van der Waals surface area contributed by atoms with Gasteiger partial charge in [-0.1, -0.05) is 43.0 Å². The number of carbonyl (C=O) groups excluding carboxylic acids is 2. The van der Waals surface area contributed by atoms with E-state index in [2.05, 4.69) is 46.4 Å². The van der Waals surface area contributed by atoms with E-state index in [0.29, 0.717) is 22.7 Å². The van der Waals surface area contributed by atoms with E-state index in [1.54, 1.807) is 11.8 Å². The van der Waals surface area contributed by atoms with Crippen molar-refractivity contribution in [3.05, 3.63) is 65.7 Å². The summed E-state index contributed by atoms with van der Waals surface area (Å²) in [4.78, 5) is 31.3. The standard InChI is InChI=1S/C27H25N3O4S/c1-16(17-7-9-18(10-8-17)30-13-11-29(2)12-14-30)23-20-15-22-24(25(23)34-27(32)26(31)33-20)28-19-5-3-4-6-21(19)35-22/h3-10,15-16,28H,11-14H2,1-2H3. The van der Waals surface area contributed by atoms with Crippen LogP contribution < -0.4 is 19.7 Å². The van der Waals surface area contributed by atoms with E-state index in [1.807, 2.05) is 37.3 Å². The second-order valence-corrected chi connectivity index (χ2v) is 10.2. The van der Waals surface area contributed by atoms with Crippen LogP contribution in [0.25, 0.3) is 0 Å². The van der Waals surface area contributed by atoms with Crippen LogP contribution >= 0.6 is 11.8 Å². The third kappa shape index (κ3) is 3.92. The first-order valence-electron chi connectivity index (χ1n) is 11.7. The number of rotatable bonds is 3. The molecule has 0 spiro atoms. The smallest absolute Gasteiger partial charge is 0.418 e. The first-order valence-corrected chi connectivity index (χ1v) is 12.5. The molecule has 0 aromatic heterocycles. The van der Waals surface area contributed by atoms with Crippen LogP contribution in [-0.2, 0) is 9.59 Å². The summed E-state index contributed by atoms with van der Waals surface area (Å²) in [6.45, 7) is 6.13. The van der Waals surface area contributed by atoms with Crippen LogP contribution in [0.1, 0.15) is 24.0 Å². The van der Waals surface area contributed by atoms with Gasteiger partial charge in [-0.3, -0.25) is 0 Å². The maximum absolute atomic E-state index is 12.4. The number of nitrogens with zero attached hydrogens (tertiary/aromatic N) is 2. The fourth-order valence-corrected chi connectivity index (χ4v) is 5.84. The monoisotopic (exact) mass is 487 g/mol. The molecule has 1 atom stereocenters. The van der Waals surface area contributed by atoms with Gasteiger partial charge < -0.3 is 24.6 Å². The molecule has 1 fully saturated rings. The van der Waals surface area contributed by atoms with Gasteiger partial charge in [0.15, 0.2) is 5.75 Å². The van der Waals surface area contributed by atoms with E-state index in [-0.39, 0.29) is 5.92 Å². The highest BCUT2D eigenvalue weighted by molar-refractivity contribution is 7.99. The molecule has 178 valence electrons. The van der Waals surface area contributed by atoms with Gasteiger partial charge in [-0.25, -0.2) is 9.59 Å². The van der Waals surface area contributed by atoms with Gasteiger partial charge in [0.05, 0.1) is 11.4 Å². The van der Waals surface area contributed by atoms with Crippen molar-refractivity contribution < 1.29 is 19.1 Å². The van der Waals surface area contributed by atoms with E-state index in [1.165, 1.54) is 5.69 Å². The third-order valence-electron chi connectivity index (χ3n) is 6.87. The summed E-state index contributed by atoms with van der Waals surface area (Å²) in [6.07, 6.45) is 0. The lowest BCUT2D eigenvalue weighted by molar-refractivity contribution is -0.155. The summed E-state index contributed by atoms with van der Waals surface area (Å²) in [5, 5.41) is 3.41. The van der Waals surface area contributed by atoms with Gasteiger partial charge >= 0.3 is 11.9 Å². The molecule has 0 saturated carbocycles. The fourth-order valence-electron chi connectivity index (χ4n) is 4.82. The molecule has 3 heterocycles. The minimum atomic E-state index is -1.02. The van der Waals surface area contributed by atoms with Crippen molar-refractivity contribution in [3.8, 4) is 11.5 Å². The van der Waals surface area contributed by atoms with E-state index in [0.717, 1.165) is 47.2 Å². The molecule has 3 aliphatic rings. The molecule has 7 nitrogen and oxygen atoms in total. The first-order chi connectivity index (χ1) is 17.0. The Morgan fingerprint density at radius 3 is 2.40 bits per heavy atom. The summed E-state index contributed by atoms with van der Waals surface area (Å²) < 4.78 is 11.2. The van der Waals surface area contributed by atoms with E-state index in [9.17, 15) is 9.59 Å². The highest BCUT2D eigenvalue weighted by Crippen LogP contribution is 2.54. The maximum Gasteiger partial charge on any atom is 0.423 e. The summed E-state index contributed by atoms with van der Waals surface area (Å²) >= 11 is 1.55. The lowest BCUT2D eigenvalue weighted by Crippen LogP contribution is -2.44. The van der Waals surface area contributed by atoms with Crippen LogP contribution in [0.15, 0.2) is 64.4 Å². The number of hydrogen-bond acceptors (Lipinski definition) is 8. The highest BCUT2D eigenvalue weighted by atomic mass is 32.2. The molecule has 0 radical (unpaired) electrons. The Bertz CT molecular complexity index is 1330. The van der Waals surface area contributed by atoms with Crippen molar-refractivity contribution >= 4 is 40.8 Å². The Hall–Kier alpha value is -3.49. The number of fused-ring (bicyclic) bond motifs is 5. The molecule has 8 heteroatoms. The molecule has 3 aromatic rings. The highest BCUT2D eigenvalue weighted by Gasteiger charge is 2.36. The SMILES string of the molecule is CC(c1ccc(N2CCN(C)CC2)cc1)c1c2cc3c(c1OC(=O)C(=O)O2)Nc1ccccc1S3. The maximum atomic E-state index is 12.4. The van der Waals surface area contributed by atoms with Crippen LogP contribution in [0.5, 0.6) is 11.5 Å². The van der Waals surface area contributed by atoms with E-state index < -0.39 is 11.9 Å². The number of likely N-dealkylation sites (N-methyl/N-ethyl adjacent to an activating group) is 1. The first kappa shape index (κ1) is 22.0. The van der Waals surface area contributed by atoms with Gasteiger partial charge in [0.2, 0.25) is 0 Å². The summed E-state index contributed by atoms with van der Waals surface area (Å²) in [7, 11) is 2.15. The Morgan fingerprint density at radius 1 is 0.914 bits per heavy atom. The van der Waals surface area contributed by atoms with Gasteiger partial charge in [-0.15, -0.1) is 0 Å². The molecule has 0 amide bonds. The van der Waals surface area contributed by atoms with Crippen molar-refractivity contribution in [2.24, 2.45) is 0 Å². The van der Waals surface area contributed by atoms with E-state index >= 15 is 0 Å². The zero-order chi connectivity index (χ0) is 24.1. The number of ether oxygens (including phenoxy) is 2. The largest absolute Gasteiger partial charge is 0.423 e. The van der Waals surface area contributed by atoms with Crippen molar-refractivity contribution in [1.82, 2.24) is 4.90 Å². The Kier molecular flexibility index (Phi) is 5.42. The average Bonchev–Trinajstić information content (AvgIpc) is 2.96. The molecular weight excluding hydrogens is 462 g/mol. The van der Waals surface area contributed by atoms with Crippen LogP contribution in [0.3, 0.4) is 0 Å². The lowest BCUT2D eigenvalue weighted by atomic mass is 9.90. The molecule has 3 aromatic carbocycles. The van der Waals surface area contributed by atoms with Gasteiger partial charge in [0.1, 0.15) is 5.75 Å². The van der Waals surface area contributed by atoms with Gasteiger partial charge in [0.25, 0.3) is 0 Å². The minimum Gasteiger partial charge on any atom is -0.418 e. The molecule has 0 aliphatic carbocycles. The lowest BCUT2D eigenvalue weighted by Gasteiger charge is -2.34. The zero-order valence-corrected chi connectivity index (χ0v) is 20.4. The van der Waals surface area contributed by atoms with Crippen LogP contribution in [0, 0.1) is 0 Å². The predicted octanol–water partition coefficient (Wildman–Crippen LogP) is 4.62. The Morgan fingerprint density at radius 2 is 1.63 bits per heavy atom. The Balaban J connectivity index is 1.39. The number of hydrogen-bond donors (Lipinski definition) is 1. The summed E-state index contributed by atoms with van der Waals surface area (Å²) in [5.41, 5.74) is 4.53. The number of esters is 2. The van der Waals surface area contributed by atoms with Gasteiger partial charge in [0, 0.05) is 53.1 Å². The molecule has 1 N–H and O–H groups in total. The van der Waals surface area contributed by atoms with Gasteiger partial charge in [-0.2, -0.15) is 0 Å². The summed E-state index contributed by atoms with van der Waals surface area (Å²) in [6, 6.07) is 18.2. The molecule has 1 saturated heterocycles. The third-order valence-corrected chi connectivity index (χ3v) is 7.99. The molecular formula is C27H25N3O4S. The van der Waals surface area contributed by atoms with E-state index in [4.69, 9.17) is 9.47 Å². The quantitative estimate of drug-likeness (QED) is 0.255. The van der Waals surface area contributed by atoms with Crippen molar-refractivity contribution in [2.45, 2.75) is 22.6 Å². The molecule has 1 unspecified atom stereocenters. The normalized spacial score (nSPS) is 17.9. The van der Waals surface area contributed by atoms with Crippen LogP contribution in [0.2, 0.25) is 0 Å². The topological polar surface area (TPSA) is 71.1 Å². The zero-order valence-electron chi connectivity index (χ0n) is 19.5. The fraction of sp³-hybridized carbons (Fsp3) is 0.259. The summed E-state index contributed by atoms with van der Waals surface area (Å²) in [5.74, 6) is -1.49. The number of carbonyl (C=O) groups is 2. The second kappa shape index (κ2) is 8.62. The van der Waals surface area contributed by atoms with Crippen molar-refractivity contribution in [1.29, 1.82) is 0 Å². The van der Waals surface area contributed by atoms with Crippen molar-refractivity contribution in [2.75, 3.05) is 43.4 Å². The van der Waals surface area contributed by atoms with Crippen LogP contribution in [0.4, 0.5) is 17.1 Å². The van der Waals surface area contributed by atoms with Crippen LogP contribution in [-0.4, -0.2) is 50.1 Å². The van der Waals surface area contributed by atoms with Crippen molar-refractivity contribution in [3.63, 3.8) is 0 Å². The number of nitrogens with one attached hydrogen (secondary N) is 1. The molecule has 35 heavy (non-hydrogen) atoms. The number of anilines is 3. The predicted molar refractivity (Wildman–Crippen MR) is 135 cm³/mol. The number of benzene rings is 3. The second-order valence-electron chi connectivity index (χ2n) is 9.10. The minimum absolute atomic E-state index is 0.172. The Labute approximate surface area is 208 Å².